The number of fused-ring (bicyclic) bond motifs is 3. The molecule has 1 unspecified atom stereocenters. The Balaban J connectivity index is 1.21. The summed E-state index contributed by atoms with van der Waals surface area (Å²) in [5.41, 5.74) is 6.61. The third-order valence-corrected chi connectivity index (χ3v) is 6.92. The minimum Gasteiger partial charge on any atom is -0.333 e. The molecule has 6 atom stereocenters. The predicted molar refractivity (Wildman–Crippen MR) is 101 cm³/mol. The van der Waals surface area contributed by atoms with Crippen LogP contribution < -0.4 is 5.73 Å². The lowest BCUT2D eigenvalue weighted by Crippen LogP contribution is -2.56. The largest absolute Gasteiger partial charge is 0.333 e. The highest BCUT2D eigenvalue weighted by molar-refractivity contribution is 5.86. The molecule has 9 heteroatoms. The smallest absolute Gasteiger partial charge is 0.242 e. The van der Waals surface area contributed by atoms with Crippen molar-refractivity contribution < 1.29 is 18.4 Å². The molecule has 5 rings (SSSR count). The summed E-state index contributed by atoms with van der Waals surface area (Å²) in [5, 5.41) is 9.30. The Morgan fingerprint density at radius 2 is 1.97 bits per heavy atom. The number of nitrogens with two attached hydrogens (primary N) is 1. The third-order valence-electron chi connectivity index (χ3n) is 6.92. The highest BCUT2D eigenvalue weighted by Gasteiger charge is 2.55. The molecular weight excluding hydrogens is 392 g/mol. The molecule has 4 aliphatic rings. The Hall–Kier alpha value is -2.57. The summed E-state index contributed by atoms with van der Waals surface area (Å²) in [6.45, 7) is 0.997. The molecule has 3 aliphatic heterocycles. The zero-order valence-electron chi connectivity index (χ0n) is 16.4. The first-order valence-corrected chi connectivity index (χ1v) is 10.3. The summed E-state index contributed by atoms with van der Waals surface area (Å²) in [5.74, 6) is -1.22. The van der Waals surface area contributed by atoms with E-state index in [4.69, 9.17) is 5.73 Å². The van der Waals surface area contributed by atoms with E-state index in [0.29, 0.717) is 24.4 Å². The second-order valence-corrected chi connectivity index (χ2v) is 8.90. The maximum Gasteiger partial charge on any atom is 0.242 e. The molecule has 3 heterocycles. The van der Waals surface area contributed by atoms with Gasteiger partial charge in [0.2, 0.25) is 11.8 Å². The Morgan fingerprint density at radius 3 is 2.63 bits per heavy atom. The standard InChI is InChI=1S/C21H23F2N5O2/c22-13-1-11(2-14(23)5-13)8-27-16-6-19(21(27)30)26(9-16)10-17(25)20(29)28-15(7-24)3-12-4-18(12)28/h1-2,5,12,15-19H,3-4,6,8-10,25H2/t12-,15+,16?,17+,18+,19+/m1/s1. The summed E-state index contributed by atoms with van der Waals surface area (Å²) < 4.78 is 26.9. The molecule has 1 aromatic carbocycles. The van der Waals surface area contributed by atoms with Crippen LogP contribution in [-0.4, -0.2) is 69.8 Å². The quantitative estimate of drug-likeness (QED) is 0.760. The monoisotopic (exact) mass is 415 g/mol. The lowest BCUT2D eigenvalue weighted by Gasteiger charge is -2.35. The molecular formula is C21H23F2N5O2. The number of carbonyl (C=O) groups excluding carboxylic acids is 2. The fraction of sp³-hybridized carbons (Fsp3) is 0.571. The summed E-state index contributed by atoms with van der Waals surface area (Å²) in [4.78, 5) is 30.9. The number of benzene rings is 1. The van der Waals surface area contributed by atoms with Gasteiger partial charge in [-0.15, -0.1) is 0 Å². The van der Waals surface area contributed by atoms with Gasteiger partial charge in [0.15, 0.2) is 0 Å². The first kappa shape index (κ1) is 19.4. The molecule has 1 aromatic rings. The number of nitriles is 1. The third kappa shape index (κ3) is 3.15. The van der Waals surface area contributed by atoms with Gasteiger partial charge in [-0.1, -0.05) is 0 Å². The molecule has 2 amide bonds. The first-order valence-electron chi connectivity index (χ1n) is 10.3. The number of hydrogen-bond donors (Lipinski definition) is 1. The van der Waals surface area contributed by atoms with Gasteiger partial charge in [0.1, 0.15) is 17.7 Å². The number of carbonyl (C=O) groups is 2. The van der Waals surface area contributed by atoms with E-state index >= 15 is 0 Å². The van der Waals surface area contributed by atoms with Crippen molar-refractivity contribution in [2.45, 2.75) is 56.0 Å². The number of piperazine rings is 1. The summed E-state index contributed by atoms with van der Waals surface area (Å²) >= 11 is 0. The minimum atomic E-state index is -0.780. The van der Waals surface area contributed by atoms with Crippen molar-refractivity contribution in [3.63, 3.8) is 0 Å². The van der Waals surface area contributed by atoms with E-state index in [2.05, 4.69) is 6.07 Å². The molecule has 2 N–H and O–H groups in total. The van der Waals surface area contributed by atoms with Gasteiger partial charge in [0, 0.05) is 37.8 Å². The number of likely N-dealkylation sites (tertiary alicyclic amines) is 3. The van der Waals surface area contributed by atoms with E-state index in [-0.39, 0.29) is 43.0 Å². The van der Waals surface area contributed by atoms with Crippen molar-refractivity contribution >= 4 is 11.8 Å². The average Bonchev–Trinajstić information content (AvgIpc) is 3.04. The number of nitrogens with zero attached hydrogens (tertiary/aromatic N) is 4. The van der Waals surface area contributed by atoms with Crippen molar-refractivity contribution in [1.29, 1.82) is 5.26 Å². The van der Waals surface area contributed by atoms with E-state index in [0.717, 1.165) is 18.9 Å². The zero-order chi connectivity index (χ0) is 21.2. The topological polar surface area (TPSA) is 93.7 Å². The van der Waals surface area contributed by atoms with Crippen LogP contribution in [0.1, 0.15) is 24.8 Å². The van der Waals surface area contributed by atoms with Crippen LogP contribution >= 0.6 is 0 Å². The SMILES string of the molecule is N#C[C@@H]1C[C@@H]2C[C@@H]2N1C(=O)[C@@H](N)CN1CC2C[C@H]1C(=O)N2Cc1cc(F)cc(F)c1. The van der Waals surface area contributed by atoms with Gasteiger partial charge < -0.3 is 15.5 Å². The maximum absolute atomic E-state index is 13.5. The second-order valence-electron chi connectivity index (χ2n) is 8.90. The molecule has 0 spiro atoms. The number of rotatable bonds is 5. The van der Waals surface area contributed by atoms with E-state index in [1.807, 2.05) is 4.90 Å². The molecule has 7 nitrogen and oxygen atoms in total. The fourth-order valence-electron chi connectivity index (χ4n) is 5.45. The van der Waals surface area contributed by atoms with Crippen LogP contribution in [-0.2, 0) is 16.1 Å². The Bertz CT molecular complexity index is 930. The van der Waals surface area contributed by atoms with Gasteiger partial charge in [-0.05, 0) is 42.9 Å². The van der Waals surface area contributed by atoms with Crippen molar-refractivity contribution in [1.82, 2.24) is 14.7 Å². The van der Waals surface area contributed by atoms with Crippen LogP contribution in [0.25, 0.3) is 0 Å². The molecule has 1 aliphatic carbocycles. The van der Waals surface area contributed by atoms with Crippen LogP contribution in [0, 0.1) is 28.9 Å². The van der Waals surface area contributed by atoms with Gasteiger partial charge in [0.25, 0.3) is 0 Å². The van der Waals surface area contributed by atoms with Crippen LogP contribution in [0.3, 0.4) is 0 Å². The molecule has 0 radical (unpaired) electrons. The molecule has 2 bridgehead atoms. The highest BCUT2D eigenvalue weighted by atomic mass is 19.1. The fourth-order valence-corrected chi connectivity index (χ4v) is 5.45. The van der Waals surface area contributed by atoms with Gasteiger partial charge in [0.05, 0.1) is 18.2 Å². The van der Waals surface area contributed by atoms with Crippen molar-refractivity contribution in [3.8, 4) is 6.07 Å². The van der Waals surface area contributed by atoms with E-state index < -0.39 is 23.7 Å². The minimum absolute atomic E-state index is 0.0670. The molecule has 3 saturated heterocycles. The second kappa shape index (κ2) is 7.00. The average molecular weight is 415 g/mol. The molecule has 1 saturated carbocycles. The van der Waals surface area contributed by atoms with Crippen LogP contribution in [0.4, 0.5) is 8.78 Å². The number of hydrogen-bond acceptors (Lipinski definition) is 5. The van der Waals surface area contributed by atoms with Crippen LogP contribution in [0.5, 0.6) is 0 Å². The van der Waals surface area contributed by atoms with Gasteiger partial charge >= 0.3 is 0 Å². The molecule has 0 aromatic heterocycles. The number of halogens is 2. The van der Waals surface area contributed by atoms with E-state index in [1.165, 1.54) is 12.1 Å². The summed E-state index contributed by atoms with van der Waals surface area (Å²) in [6.07, 6.45) is 2.29. The van der Waals surface area contributed by atoms with Gasteiger partial charge in [-0.25, -0.2) is 8.78 Å². The predicted octanol–water partition coefficient (Wildman–Crippen LogP) is 0.590. The Labute approximate surface area is 173 Å². The number of amides is 2. The van der Waals surface area contributed by atoms with E-state index in [9.17, 15) is 23.6 Å². The normalized spacial score (nSPS) is 33.0. The van der Waals surface area contributed by atoms with E-state index in [1.54, 1.807) is 9.80 Å². The molecule has 158 valence electrons. The van der Waals surface area contributed by atoms with Crippen molar-refractivity contribution in [2.24, 2.45) is 11.7 Å². The zero-order valence-corrected chi connectivity index (χ0v) is 16.4. The van der Waals surface area contributed by atoms with Gasteiger partial charge in [-0.3, -0.25) is 14.5 Å². The Morgan fingerprint density at radius 1 is 1.23 bits per heavy atom. The Kier molecular flexibility index (Phi) is 4.52. The maximum atomic E-state index is 13.5. The van der Waals surface area contributed by atoms with Crippen LogP contribution in [0.2, 0.25) is 0 Å². The summed E-state index contributed by atoms with van der Waals surface area (Å²) in [7, 11) is 0. The molecule has 4 fully saturated rings. The lowest BCUT2D eigenvalue weighted by atomic mass is 10.1. The van der Waals surface area contributed by atoms with Crippen molar-refractivity contribution in [3.05, 3.63) is 35.4 Å². The van der Waals surface area contributed by atoms with Gasteiger partial charge in [-0.2, -0.15) is 5.26 Å². The first-order chi connectivity index (χ1) is 14.4. The van der Waals surface area contributed by atoms with Crippen molar-refractivity contribution in [2.75, 3.05) is 13.1 Å². The highest BCUT2D eigenvalue weighted by Crippen LogP contribution is 2.47. The summed E-state index contributed by atoms with van der Waals surface area (Å²) in [6, 6.07) is 4.01. The number of piperidine rings is 1. The lowest BCUT2D eigenvalue weighted by molar-refractivity contribution is -0.139. The van der Waals surface area contributed by atoms with Crippen LogP contribution in [0.15, 0.2) is 18.2 Å². The molecule has 30 heavy (non-hydrogen) atoms.